The minimum absolute atomic E-state index is 0.310. The van der Waals surface area contributed by atoms with E-state index in [-0.39, 0.29) is 5.97 Å². The second-order valence-corrected chi connectivity index (χ2v) is 7.92. The Morgan fingerprint density at radius 3 is 2.69 bits per heavy atom. The third-order valence-corrected chi connectivity index (χ3v) is 4.13. The molecule has 0 radical (unpaired) electrons. The van der Waals surface area contributed by atoms with Gasteiger partial charge in [-0.3, -0.25) is 4.98 Å². The van der Waals surface area contributed by atoms with Gasteiger partial charge in [0.25, 0.3) is 0 Å². The normalized spacial score (nSPS) is 20.0. The summed E-state index contributed by atoms with van der Waals surface area (Å²) in [5.41, 5.74) is 1.06. The van der Waals surface area contributed by atoms with Crippen LogP contribution in [0.25, 0.3) is 0 Å². The van der Waals surface area contributed by atoms with Crippen LogP contribution in [0.1, 0.15) is 57.1 Å². The summed E-state index contributed by atoms with van der Waals surface area (Å²) in [6.07, 6.45) is 1.87. The lowest BCUT2D eigenvalue weighted by Crippen LogP contribution is -2.49. The zero-order valence-electron chi connectivity index (χ0n) is 16.5. The first-order valence-corrected chi connectivity index (χ1v) is 8.93. The lowest BCUT2D eigenvalue weighted by atomic mass is 10.0. The number of aryl methyl sites for hydroxylation is 1. The van der Waals surface area contributed by atoms with Crippen molar-refractivity contribution in [2.45, 2.75) is 59.1 Å². The lowest BCUT2D eigenvalue weighted by molar-refractivity contribution is 0.0470. The Morgan fingerprint density at radius 2 is 2.08 bits per heavy atom. The third-order valence-electron chi connectivity index (χ3n) is 4.13. The molecule has 0 spiro atoms. The van der Waals surface area contributed by atoms with E-state index >= 15 is 0 Å². The number of alkyl carbamates (subject to hydrolysis) is 1. The van der Waals surface area contributed by atoms with Crippen LogP contribution in [0.4, 0.5) is 10.5 Å². The van der Waals surface area contributed by atoms with Crippen molar-refractivity contribution < 1.29 is 19.1 Å². The minimum atomic E-state index is -0.544. The quantitative estimate of drug-likeness (QED) is 0.828. The maximum atomic E-state index is 12.3. The van der Waals surface area contributed by atoms with E-state index in [2.05, 4.69) is 15.2 Å². The Hall–Kier alpha value is -2.31. The number of anilines is 1. The summed E-state index contributed by atoms with van der Waals surface area (Å²) in [7, 11) is 0. The monoisotopic (exact) mass is 363 g/mol. The summed E-state index contributed by atoms with van der Waals surface area (Å²) in [4.78, 5) is 30.7. The van der Waals surface area contributed by atoms with Crippen molar-refractivity contribution in [1.29, 1.82) is 0 Å². The molecule has 1 saturated heterocycles. The van der Waals surface area contributed by atoms with E-state index in [1.807, 2.05) is 40.7 Å². The van der Waals surface area contributed by atoms with E-state index in [1.165, 1.54) is 0 Å². The Kier molecular flexibility index (Phi) is 5.78. The highest BCUT2D eigenvalue weighted by Gasteiger charge is 2.37. The molecule has 2 heterocycles. The fraction of sp³-hybridized carbons (Fsp3) is 0.632. The number of hydrogen-bond donors (Lipinski definition) is 1. The summed E-state index contributed by atoms with van der Waals surface area (Å²) in [6, 6.07) is 1.88. The predicted molar refractivity (Wildman–Crippen MR) is 99.5 cm³/mol. The highest BCUT2D eigenvalue weighted by atomic mass is 16.6. The first-order chi connectivity index (χ1) is 12.0. The van der Waals surface area contributed by atoms with Crippen molar-refractivity contribution in [1.82, 2.24) is 10.3 Å². The van der Waals surface area contributed by atoms with Gasteiger partial charge in [0.05, 0.1) is 17.8 Å². The van der Waals surface area contributed by atoms with Gasteiger partial charge in [0.1, 0.15) is 11.2 Å². The molecule has 0 saturated carbocycles. The largest absolute Gasteiger partial charge is 0.462 e. The molecule has 1 aromatic heterocycles. The number of esters is 1. The van der Waals surface area contributed by atoms with Crippen molar-refractivity contribution in [2.75, 3.05) is 24.6 Å². The second-order valence-electron chi connectivity index (χ2n) is 7.92. The molecule has 26 heavy (non-hydrogen) atoms. The van der Waals surface area contributed by atoms with E-state index in [1.54, 1.807) is 13.1 Å². The molecule has 7 heteroatoms. The SMILES string of the molecule is CCOC(=O)c1cnc(C)cc1N1CC[C@](C)(NC(=O)OC(C)(C)C)C1. The molecule has 1 amide bonds. The highest BCUT2D eigenvalue weighted by Crippen LogP contribution is 2.30. The summed E-state index contributed by atoms with van der Waals surface area (Å²) >= 11 is 0. The van der Waals surface area contributed by atoms with Gasteiger partial charge in [-0.25, -0.2) is 9.59 Å². The fourth-order valence-corrected chi connectivity index (χ4v) is 2.99. The third kappa shape index (κ3) is 5.09. The number of nitrogens with zero attached hydrogens (tertiary/aromatic N) is 2. The topological polar surface area (TPSA) is 80.8 Å². The maximum absolute atomic E-state index is 12.3. The van der Waals surface area contributed by atoms with E-state index in [0.717, 1.165) is 17.8 Å². The van der Waals surface area contributed by atoms with Crippen molar-refractivity contribution >= 4 is 17.7 Å². The lowest BCUT2D eigenvalue weighted by Gasteiger charge is -2.29. The molecule has 0 bridgehead atoms. The molecule has 144 valence electrons. The molecule has 7 nitrogen and oxygen atoms in total. The van der Waals surface area contributed by atoms with Crippen LogP contribution in [0.2, 0.25) is 0 Å². The molecule has 1 aliphatic heterocycles. The van der Waals surface area contributed by atoms with Gasteiger partial charge in [-0.15, -0.1) is 0 Å². The van der Waals surface area contributed by atoms with Crippen molar-refractivity contribution in [3.8, 4) is 0 Å². The zero-order valence-corrected chi connectivity index (χ0v) is 16.5. The summed E-state index contributed by atoms with van der Waals surface area (Å²) in [5, 5.41) is 2.97. The molecule has 1 aromatic rings. The fourth-order valence-electron chi connectivity index (χ4n) is 2.99. The van der Waals surface area contributed by atoms with Gasteiger partial charge in [-0.05, 0) is 54.0 Å². The summed E-state index contributed by atoms with van der Waals surface area (Å²) in [5.74, 6) is -0.385. The van der Waals surface area contributed by atoms with Gasteiger partial charge in [-0.1, -0.05) is 0 Å². The number of hydrogen-bond acceptors (Lipinski definition) is 6. The van der Waals surface area contributed by atoms with E-state index in [9.17, 15) is 9.59 Å². The number of carbonyl (C=O) groups excluding carboxylic acids is 2. The number of aromatic nitrogens is 1. The molecule has 1 aliphatic rings. The standard InChI is InChI=1S/C19H29N3O4/c1-7-25-16(23)14-11-20-13(2)10-15(14)22-9-8-19(6,12-22)21-17(24)26-18(3,4)5/h10-11H,7-9,12H2,1-6H3,(H,21,24)/t19-/m0/s1. The van der Waals surface area contributed by atoms with Gasteiger partial charge < -0.3 is 19.7 Å². The first-order valence-electron chi connectivity index (χ1n) is 8.93. The Bertz CT molecular complexity index is 684. The molecule has 2 rings (SSSR count). The predicted octanol–water partition coefficient (Wildman–Crippen LogP) is 3.06. The summed E-state index contributed by atoms with van der Waals surface area (Å²) in [6.45, 7) is 12.7. The van der Waals surface area contributed by atoms with Gasteiger partial charge in [0.15, 0.2) is 0 Å². The van der Waals surface area contributed by atoms with Crippen LogP contribution in [0.5, 0.6) is 0 Å². The number of pyridine rings is 1. The van der Waals surface area contributed by atoms with E-state index in [4.69, 9.17) is 9.47 Å². The van der Waals surface area contributed by atoms with Gasteiger partial charge in [-0.2, -0.15) is 0 Å². The number of nitrogens with one attached hydrogen (secondary N) is 1. The number of carbonyl (C=O) groups is 2. The highest BCUT2D eigenvalue weighted by molar-refractivity contribution is 5.95. The number of amides is 1. The van der Waals surface area contributed by atoms with Crippen molar-refractivity contribution in [3.63, 3.8) is 0 Å². The molecule has 0 unspecified atom stereocenters. The van der Waals surface area contributed by atoms with Crippen LogP contribution in [-0.2, 0) is 9.47 Å². The molecule has 1 N–H and O–H groups in total. The molecule has 0 aliphatic carbocycles. The van der Waals surface area contributed by atoms with Crippen LogP contribution in [0, 0.1) is 6.92 Å². The molecule has 1 atom stereocenters. The average molecular weight is 363 g/mol. The Morgan fingerprint density at radius 1 is 1.38 bits per heavy atom. The van der Waals surface area contributed by atoms with E-state index < -0.39 is 17.2 Å². The smallest absolute Gasteiger partial charge is 0.408 e. The van der Waals surface area contributed by atoms with Gasteiger partial charge in [0.2, 0.25) is 0 Å². The van der Waals surface area contributed by atoms with Crippen LogP contribution < -0.4 is 10.2 Å². The van der Waals surface area contributed by atoms with Gasteiger partial charge in [0, 0.05) is 25.0 Å². The maximum Gasteiger partial charge on any atom is 0.408 e. The first kappa shape index (κ1) is 20.0. The summed E-state index contributed by atoms with van der Waals surface area (Å²) < 4.78 is 10.5. The molecular formula is C19H29N3O4. The number of rotatable bonds is 4. The van der Waals surface area contributed by atoms with Crippen LogP contribution in [0.3, 0.4) is 0 Å². The van der Waals surface area contributed by atoms with Crippen molar-refractivity contribution in [2.24, 2.45) is 0 Å². The van der Waals surface area contributed by atoms with Crippen LogP contribution >= 0.6 is 0 Å². The molecule has 1 fully saturated rings. The average Bonchev–Trinajstić information content (AvgIpc) is 2.87. The van der Waals surface area contributed by atoms with Crippen molar-refractivity contribution in [3.05, 3.63) is 23.5 Å². The number of ether oxygens (including phenoxy) is 2. The van der Waals surface area contributed by atoms with E-state index in [0.29, 0.717) is 25.3 Å². The van der Waals surface area contributed by atoms with Crippen LogP contribution in [-0.4, -0.2) is 47.9 Å². The van der Waals surface area contributed by atoms with Gasteiger partial charge >= 0.3 is 12.1 Å². The Labute approximate surface area is 155 Å². The van der Waals surface area contributed by atoms with Crippen LogP contribution in [0.15, 0.2) is 12.3 Å². The second kappa shape index (κ2) is 7.51. The Balaban J connectivity index is 2.16. The zero-order chi connectivity index (χ0) is 19.5. The minimum Gasteiger partial charge on any atom is -0.462 e. The molecule has 0 aromatic carbocycles. The molecular weight excluding hydrogens is 334 g/mol.